The maximum Gasteiger partial charge on any atom is 0.205 e. The van der Waals surface area contributed by atoms with Gasteiger partial charge in [0.2, 0.25) is 8.32 Å². The Morgan fingerprint density at radius 3 is 1.50 bits per heavy atom. The molecule has 0 rings (SSSR count). The molecule has 0 bridgehead atoms. The summed E-state index contributed by atoms with van der Waals surface area (Å²) in [4.78, 5) is 7.54. The second-order valence-corrected chi connectivity index (χ2v) is 11.5. The summed E-state index contributed by atoms with van der Waals surface area (Å²) in [6, 6.07) is 2.47. The smallest absolute Gasteiger partial charge is 0.205 e. The first-order valence-corrected chi connectivity index (χ1v) is 12.7. The molecule has 0 aliphatic heterocycles. The van der Waals surface area contributed by atoms with Crippen LogP contribution in [0.15, 0.2) is 0 Å². The van der Waals surface area contributed by atoms with E-state index in [1.807, 2.05) is 0 Å². The first-order chi connectivity index (χ1) is 11.5. The van der Waals surface area contributed by atoms with E-state index in [1.165, 1.54) is 57.3 Å². The molecular formula is C19H45N3OSi. The largest absolute Gasteiger partial charge is 0.416 e. The normalized spacial score (nSPS) is 12.8. The lowest BCUT2D eigenvalue weighted by Gasteiger charge is -2.35. The maximum absolute atomic E-state index is 6.33. The van der Waals surface area contributed by atoms with Crippen molar-refractivity contribution in [1.82, 2.24) is 14.7 Å². The molecule has 0 amide bonds. The SMILES string of the molecule is CCO[Si](CC)(CC)CN(CCCN(C)CC)CCCN(C)CC. The Bertz CT molecular complexity index is 272. The van der Waals surface area contributed by atoms with E-state index in [0.29, 0.717) is 0 Å². The van der Waals surface area contributed by atoms with Gasteiger partial charge in [-0.05, 0) is 85.2 Å². The average Bonchev–Trinajstić information content (AvgIpc) is 2.60. The van der Waals surface area contributed by atoms with Crippen molar-refractivity contribution in [2.24, 2.45) is 0 Å². The molecule has 0 saturated carbocycles. The van der Waals surface area contributed by atoms with Crippen molar-refractivity contribution in [2.75, 3.05) is 66.1 Å². The van der Waals surface area contributed by atoms with E-state index in [2.05, 4.69) is 63.4 Å². The van der Waals surface area contributed by atoms with E-state index in [0.717, 1.165) is 19.7 Å². The number of rotatable bonds is 16. The van der Waals surface area contributed by atoms with Crippen molar-refractivity contribution >= 4 is 8.32 Å². The van der Waals surface area contributed by atoms with Crippen LogP contribution < -0.4 is 0 Å². The highest BCUT2D eigenvalue weighted by Gasteiger charge is 2.32. The lowest BCUT2D eigenvalue weighted by molar-refractivity contribution is 0.232. The summed E-state index contributed by atoms with van der Waals surface area (Å²) in [5.74, 6) is 0. The molecule has 0 spiro atoms. The van der Waals surface area contributed by atoms with Gasteiger partial charge in [-0.25, -0.2) is 0 Å². The monoisotopic (exact) mass is 359 g/mol. The van der Waals surface area contributed by atoms with E-state index >= 15 is 0 Å². The molecule has 5 heteroatoms. The first kappa shape index (κ1) is 24.1. The van der Waals surface area contributed by atoms with Gasteiger partial charge in [0, 0.05) is 12.8 Å². The van der Waals surface area contributed by atoms with Gasteiger partial charge in [0.25, 0.3) is 0 Å². The Hall–Kier alpha value is 0.0569. The van der Waals surface area contributed by atoms with Crippen LogP contribution >= 0.6 is 0 Å². The number of hydrogen-bond acceptors (Lipinski definition) is 4. The van der Waals surface area contributed by atoms with Gasteiger partial charge >= 0.3 is 0 Å². The van der Waals surface area contributed by atoms with Gasteiger partial charge in [-0.3, -0.25) is 0 Å². The molecule has 0 heterocycles. The zero-order valence-corrected chi connectivity index (χ0v) is 18.7. The van der Waals surface area contributed by atoms with Gasteiger partial charge < -0.3 is 19.1 Å². The predicted octanol–water partition coefficient (Wildman–Crippen LogP) is 3.53. The Morgan fingerprint density at radius 1 is 0.708 bits per heavy atom. The molecule has 0 fully saturated rings. The molecule has 0 N–H and O–H groups in total. The summed E-state index contributed by atoms with van der Waals surface area (Å²) in [6.45, 7) is 19.3. The summed E-state index contributed by atoms with van der Waals surface area (Å²) >= 11 is 0. The van der Waals surface area contributed by atoms with Crippen LogP contribution in [-0.4, -0.2) is 89.2 Å². The van der Waals surface area contributed by atoms with Crippen molar-refractivity contribution in [1.29, 1.82) is 0 Å². The van der Waals surface area contributed by atoms with Crippen LogP contribution in [0, 0.1) is 0 Å². The Labute approximate surface area is 153 Å². The van der Waals surface area contributed by atoms with E-state index < -0.39 is 8.32 Å². The van der Waals surface area contributed by atoms with Crippen molar-refractivity contribution in [3.63, 3.8) is 0 Å². The molecule has 0 radical (unpaired) electrons. The molecular weight excluding hydrogens is 314 g/mol. The highest BCUT2D eigenvalue weighted by molar-refractivity contribution is 6.73. The molecule has 0 aromatic rings. The Kier molecular flexibility index (Phi) is 14.3. The van der Waals surface area contributed by atoms with E-state index in [1.54, 1.807) is 0 Å². The van der Waals surface area contributed by atoms with Gasteiger partial charge in [0.15, 0.2) is 0 Å². The molecule has 0 aromatic carbocycles. The van der Waals surface area contributed by atoms with E-state index in [9.17, 15) is 0 Å². The molecule has 0 aromatic heterocycles. The third kappa shape index (κ3) is 10.1. The van der Waals surface area contributed by atoms with Gasteiger partial charge in [0.1, 0.15) is 0 Å². The summed E-state index contributed by atoms with van der Waals surface area (Å²) in [5, 5.41) is 0. The van der Waals surface area contributed by atoms with Crippen molar-refractivity contribution < 1.29 is 4.43 Å². The van der Waals surface area contributed by atoms with Crippen molar-refractivity contribution in [2.45, 2.75) is 59.5 Å². The second kappa shape index (κ2) is 14.2. The fraction of sp³-hybridized carbons (Fsp3) is 1.00. The minimum absolute atomic E-state index is 0.874. The maximum atomic E-state index is 6.33. The summed E-state index contributed by atoms with van der Waals surface area (Å²) in [7, 11) is 2.86. The molecule has 24 heavy (non-hydrogen) atoms. The van der Waals surface area contributed by atoms with Gasteiger partial charge in [-0.1, -0.05) is 27.7 Å². The van der Waals surface area contributed by atoms with Crippen LogP contribution in [0.4, 0.5) is 0 Å². The Morgan fingerprint density at radius 2 is 1.17 bits per heavy atom. The van der Waals surface area contributed by atoms with Gasteiger partial charge in [-0.15, -0.1) is 0 Å². The second-order valence-electron chi connectivity index (χ2n) is 7.10. The zero-order chi connectivity index (χ0) is 18.4. The highest BCUT2D eigenvalue weighted by Crippen LogP contribution is 2.19. The summed E-state index contributed by atoms with van der Waals surface area (Å²) < 4.78 is 6.33. The van der Waals surface area contributed by atoms with Crippen LogP contribution in [0.5, 0.6) is 0 Å². The quantitative estimate of drug-likeness (QED) is 0.392. The molecule has 0 aliphatic rings. The molecule has 0 atom stereocenters. The van der Waals surface area contributed by atoms with Gasteiger partial charge in [-0.2, -0.15) is 0 Å². The topological polar surface area (TPSA) is 19.0 Å². The van der Waals surface area contributed by atoms with Crippen LogP contribution in [0.3, 0.4) is 0 Å². The lowest BCUT2D eigenvalue weighted by Crippen LogP contribution is -2.50. The minimum atomic E-state index is -1.58. The molecule has 0 aliphatic carbocycles. The van der Waals surface area contributed by atoms with E-state index in [4.69, 9.17) is 4.43 Å². The summed E-state index contributed by atoms with van der Waals surface area (Å²) in [6.07, 6.45) is 3.73. The number of nitrogens with zero attached hydrogens (tertiary/aromatic N) is 3. The highest BCUT2D eigenvalue weighted by atomic mass is 28.4. The van der Waals surface area contributed by atoms with E-state index in [-0.39, 0.29) is 0 Å². The summed E-state index contributed by atoms with van der Waals surface area (Å²) in [5.41, 5.74) is 0. The average molecular weight is 360 g/mol. The van der Waals surface area contributed by atoms with Crippen molar-refractivity contribution in [3.05, 3.63) is 0 Å². The standard InChI is InChI=1S/C19H45N3OSi/c1-8-20(6)15-13-17-22(18-14-16-21(7)9-2)19-24(11-4,12-5)23-10-3/h8-19H2,1-7H3. The fourth-order valence-corrected chi connectivity index (χ4v) is 6.34. The molecule has 0 unspecified atom stereocenters. The van der Waals surface area contributed by atoms with Gasteiger partial charge in [0.05, 0.1) is 0 Å². The third-order valence-electron chi connectivity index (χ3n) is 5.36. The minimum Gasteiger partial charge on any atom is -0.416 e. The lowest BCUT2D eigenvalue weighted by atomic mass is 10.3. The van der Waals surface area contributed by atoms with Crippen LogP contribution in [0.25, 0.3) is 0 Å². The van der Waals surface area contributed by atoms with Crippen LogP contribution in [-0.2, 0) is 4.43 Å². The third-order valence-corrected chi connectivity index (χ3v) is 9.86. The predicted molar refractivity (Wildman–Crippen MR) is 110 cm³/mol. The van der Waals surface area contributed by atoms with Crippen molar-refractivity contribution in [3.8, 4) is 0 Å². The molecule has 0 saturated heterocycles. The Balaban J connectivity index is 4.63. The molecule has 4 nitrogen and oxygen atoms in total. The van der Waals surface area contributed by atoms with Crippen LogP contribution in [0.2, 0.25) is 12.1 Å². The molecule has 146 valence electrons. The van der Waals surface area contributed by atoms with Crippen LogP contribution in [0.1, 0.15) is 47.5 Å². The zero-order valence-electron chi connectivity index (χ0n) is 17.7. The first-order valence-electron chi connectivity index (χ1n) is 10.2. The fourth-order valence-electron chi connectivity index (χ4n) is 3.15. The number of hydrogen-bond donors (Lipinski definition) is 0.